The van der Waals surface area contributed by atoms with Crippen molar-refractivity contribution in [3.8, 4) is 0 Å². The maximum Gasteiger partial charge on any atom is 0.363 e. The first kappa shape index (κ1) is 13.0. The molecule has 17 heavy (non-hydrogen) atoms. The Morgan fingerprint density at radius 3 is 2.59 bits per heavy atom. The van der Waals surface area contributed by atoms with Crippen LogP contribution in [0.3, 0.4) is 0 Å². The van der Waals surface area contributed by atoms with E-state index in [1.165, 1.54) is 0 Å². The first-order chi connectivity index (χ1) is 7.83. The van der Waals surface area contributed by atoms with Crippen LogP contribution in [0, 0.1) is 10.1 Å². The highest BCUT2D eigenvalue weighted by molar-refractivity contribution is 7.89. The van der Waals surface area contributed by atoms with Gasteiger partial charge >= 0.3 is 5.82 Å². The number of hydrogen-bond donors (Lipinski definition) is 2. The molecule has 10 heteroatoms. The van der Waals surface area contributed by atoms with Crippen LogP contribution < -0.4 is 10.5 Å². The van der Waals surface area contributed by atoms with Crippen LogP contribution in [0.5, 0.6) is 0 Å². The van der Waals surface area contributed by atoms with Gasteiger partial charge in [0, 0.05) is 6.07 Å². The molecule has 1 rings (SSSR count). The van der Waals surface area contributed by atoms with Crippen LogP contribution in [0.25, 0.3) is 0 Å². The topological polar surface area (TPSA) is 145 Å². The SMILES string of the molecule is NC(=O)CNS(=O)(=O)c1ccc([N+](=O)[O-])nc1. The third kappa shape index (κ3) is 3.46. The Labute approximate surface area is 95.8 Å². The van der Waals surface area contributed by atoms with Gasteiger partial charge in [-0.1, -0.05) is 0 Å². The summed E-state index contributed by atoms with van der Waals surface area (Å²) in [6.07, 6.45) is 0.821. The number of nitrogens with zero attached hydrogens (tertiary/aromatic N) is 2. The molecule has 3 N–H and O–H groups in total. The van der Waals surface area contributed by atoms with Crippen LogP contribution in [0.15, 0.2) is 23.2 Å². The number of carbonyl (C=O) groups is 1. The second kappa shape index (κ2) is 4.84. The molecule has 1 aromatic rings. The van der Waals surface area contributed by atoms with E-state index < -0.39 is 33.2 Å². The van der Waals surface area contributed by atoms with Crippen LogP contribution in [-0.4, -0.2) is 30.8 Å². The van der Waals surface area contributed by atoms with E-state index in [2.05, 4.69) is 4.98 Å². The molecule has 9 nitrogen and oxygen atoms in total. The van der Waals surface area contributed by atoms with Crippen LogP contribution in [-0.2, 0) is 14.8 Å². The minimum atomic E-state index is -3.93. The van der Waals surface area contributed by atoms with Crippen molar-refractivity contribution in [3.63, 3.8) is 0 Å². The molecule has 0 aromatic carbocycles. The molecule has 1 amide bonds. The van der Waals surface area contributed by atoms with E-state index in [4.69, 9.17) is 5.73 Å². The third-order valence-electron chi connectivity index (χ3n) is 1.65. The number of rotatable bonds is 5. The van der Waals surface area contributed by atoms with Crippen LogP contribution in [0.2, 0.25) is 0 Å². The minimum Gasteiger partial charge on any atom is -0.369 e. The Hall–Kier alpha value is -2.07. The van der Waals surface area contributed by atoms with Crippen molar-refractivity contribution in [1.82, 2.24) is 9.71 Å². The van der Waals surface area contributed by atoms with E-state index in [1.54, 1.807) is 0 Å². The van der Waals surface area contributed by atoms with Gasteiger partial charge in [-0.3, -0.25) is 4.79 Å². The van der Waals surface area contributed by atoms with E-state index in [0.29, 0.717) is 0 Å². The Bertz CT molecular complexity index is 538. The van der Waals surface area contributed by atoms with Gasteiger partial charge < -0.3 is 15.8 Å². The molecule has 0 saturated carbocycles. The van der Waals surface area contributed by atoms with Gasteiger partial charge in [-0.15, -0.1) is 0 Å². The van der Waals surface area contributed by atoms with Gasteiger partial charge in [0.1, 0.15) is 4.90 Å². The molecule has 0 aliphatic heterocycles. The molecule has 0 bridgehead atoms. The second-order valence-corrected chi connectivity index (χ2v) is 4.67. The summed E-state index contributed by atoms with van der Waals surface area (Å²) in [7, 11) is -3.93. The highest BCUT2D eigenvalue weighted by Gasteiger charge is 2.18. The molecule has 0 saturated heterocycles. The van der Waals surface area contributed by atoms with Crippen LogP contribution >= 0.6 is 0 Å². The lowest BCUT2D eigenvalue weighted by atomic mass is 10.5. The number of pyridine rings is 1. The Balaban J connectivity index is 2.92. The number of nitrogens with one attached hydrogen (secondary N) is 1. The van der Waals surface area contributed by atoms with E-state index in [1.807, 2.05) is 4.72 Å². The molecule has 0 fully saturated rings. The van der Waals surface area contributed by atoms with Crippen molar-refractivity contribution < 1.29 is 18.1 Å². The van der Waals surface area contributed by atoms with Crippen LogP contribution in [0.4, 0.5) is 5.82 Å². The number of aromatic nitrogens is 1. The van der Waals surface area contributed by atoms with Gasteiger partial charge in [-0.2, -0.15) is 0 Å². The molecular weight excluding hydrogens is 252 g/mol. The normalized spacial score (nSPS) is 11.1. The summed E-state index contributed by atoms with van der Waals surface area (Å²) in [6, 6.07) is 1.95. The van der Waals surface area contributed by atoms with Gasteiger partial charge in [0.05, 0.1) is 6.54 Å². The molecule has 1 heterocycles. The molecule has 0 unspecified atom stereocenters. The average molecular weight is 260 g/mol. The fraction of sp³-hybridized carbons (Fsp3) is 0.143. The van der Waals surface area contributed by atoms with Crippen molar-refractivity contribution >= 4 is 21.7 Å². The van der Waals surface area contributed by atoms with Crippen molar-refractivity contribution in [2.24, 2.45) is 5.73 Å². The fourth-order valence-corrected chi connectivity index (χ4v) is 1.83. The fourth-order valence-electron chi connectivity index (χ4n) is 0.889. The lowest BCUT2D eigenvalue weighted by Gasteiger charge is -2.02. The molecule has 0 aliphatic carbocycles. The summed E-state index contributed by atoms with van der Waals surface area (Å²) < 4.78 is 24.9. The highest BCUT2D eigenvalue weighted by Crippen LogP contribution is 2.11. The zero-order chi connectivity index (χ0) is 13.1. The predicted octanol–water partition coefficient (Wildman–Crippen LogP) is -1.25. The first-order valence-corrected chi connectivity index (χ1v) is 5.69. The lowest BCUT2D eigenvalue weighted by Crippen LogP contribution is -2.33. The number of amides is 1. The van der Waals surface area contributed by atoms with Crippen molar-refractivity contribution in [2.45, 2.75) is 4.90 Å². The van der Waals surface area contributed by atoms with E-state index >= 15 is 0 Å². The quantitative estimate of drug-likeness (QED) is 0.499. The summed E-state index contributed by atoms with van der Waals surface area (Å²) in [5.74, 6) is -1.32. The smallest absolute Gasteiger partial charge is 0.363 e. The van der Waals surface area contributed by atoms with Crippen molar-refractivity contribution in [2.75, 3.05) is 6.54 Å². The Morgan fingerprint density at radius 1 is 1.53 bits per heavy atom. The molecule has 92 valence electrons. The number of carbonyl (C=O) groups excluding carboxylic acids is 1. The zero-order valence-electron chi connectivity index (χ0n) is 8.36. The van der Waals surface area contributed by atoms with E-state index in [0.717, 1.165) is 18.3 Å². The summed E-state index contributed by atoms with van der Waals surface area (Å²) in [5, 5.41) is 10.3. The maximum absolute atomic E-state index is 11.5. The summed E-state index contributed by atoms with van der Waals surface area (Å²) >= 11 is 0. The monoisotopic (exact) mass is 260 g/mol. The number of nitrogens with two attached hydrogens (primary N) is 1. The number of primary amides is 1. The molecule has 0 aliphatic rings. The molecule has 0 radical (unpaired) electrons. The van der Waals surface area contributed by atoms with Gasteiger partial charge in [0.2, 0.25) is 15.9 Å². The molecule has 0 spiro atoms. The summed E-state index contributed by atoms with van der Waals surface area (Å²) in [5.41, 5.74) is 4.77. The Morgan fingerprint density at radius 2 is 2.18 bits per heavy atom. The zero-order valence-corrected chi connectivity index (χ0v) is 9.18. The predicted molar refractivity (Wildman–Crippen MR) is 55.3 cm³/mol. The van der Waals surface area contributed by atoms with Gasteiger partial charge in [0.15, 0.2) is 6.20 Å². The summed E-state index contributed by atoms with van der Waals surface area (Å²) in [4.78, 5) is 23.0. The second-order valence-electron chi connectivity index (χ2n) is 2.90. The number of nitro groups is 1. The van der Waals surface area contributed by atoms with Gasteiger partial charge in [-0.05, 0) is 16.0 Å². The van der Waals surface area contributed by atoms with Crippen molar-refractivity contribution in [1.29, 1.82) is 0 Å². The highest BCUT2D eigenvalue weighted by atomic mass is 32.2. The third-order valence-corrected chi connectivity index (χ3v) is 3.04. The first-order valence-electron chi connectivity index (χ1n) is 4.21. The van der Waals surface area contributed by atoms with E-state index in [9.17, 15) is 23.3 Å². The summed E-state index contributed by atoms with van der Waals surface area (Å²) in [6.45, 7) is -0.556. The number of hydrogen-bond acceptors (Lipinski definition) is 6. The Kier molecular flexibility index (Phi) is 3.70. The lowest BCUT2D eigenvalue weighted by molar-refractivity contribution is -0.389. The average Bonchev–Trinajstić information content (AvgIpc) is 2.27. The van der Waals surface area contributed by atoms with Gasteiger partial charge in [-0.25, -0.2) is 13.1 Å². The molecule has 1 aromatic heterocycles. The maximum atomic E-state index is 11.5. The largest absolute Gasteiger partial charge is 0.369 e. The van der Waals surface area contributed by atoms with Gasteiger partial charge in [0.25, 0.3) is 0 Å². The molecule has 0 atom stereocenters. The minimum absolute atomic E-state index is 0.288. The number of sulfonamides is 1. The standard InChI is InChI=1S/C7H8N4O5S/c8-6(12)4-10-17(15,16)5-1-2-7(9-3-5)11(13)14/h1-3,10H,4H2,(H2,8,12). The van der Waals surface area contributed by atoms with Crippen molar-refractivity contribution in [3.05, 3.63) is 28.4 Å². The van der Waals surface area contributed by atoms with E-state index in [-0.39, 0.29) is 4.90 Å². The van der Waals surface area contributed by atoms with Crippen LogP contribution in [0.1, 0.15) is 0 Å². The molecular formula is C7H8N4O5S.